The van der Waals surface area contributed by atoms with Crippen LogP contribution in [0.1, 0.15) is 15.9 Å². The minimum atomic E-state index is -0.363. The molecule has 1 aromatic carbocycles. The van der Waals surface area contributed by atoms with Crippen LogP contribution in [0.25, 0.3) is 0 Å². The molecule has 0 aliphatic heterocycles. The Kier molecular flexibility index (Phi) is 6.62. The van der Waals surface area contributed by atoms with Gasteiger partial charge in [0.25, 0.3) is 5.91 Å². The highest BCUT2D eigenvalue weighted by Crippen LogP contribution is 2.26. The van der Waals surface area contributed by atoms with Crippen molar-refractivity contribution < 1.29 is 9.53 Å². The quantitative estimate of drug-likeness (QED) is 0.445. The van der Waals surface area contributed by atoms with Crippen molar-refractivity contribution in [2.45, 2.75) is 11.7 Å². The van der Waals surface area contributed by atoms with Crippen LogP contribution in [0.5, 0.6) is 5.75 Å². The van der Waals surface area contributed by atoms with Gasteiger partial charge < -0.3 is 15.4 Å². The molecule has 0 saturated carbocycles. The summed E-state index contributed by atoms with van der Waals surface area (Å²) in [7, 11) is 1.56. The van der Waals surface area contributed by atoms with Crippen LogP contribution in [-0.2, 0) is 6.54 Å². The Morgan fingerprint density at radius 3 is 2.71 bits per heavy atom. The number of aromatic nitrogens is 4. The molecule has 0 aliphatic carbocycles. The molecule has 0 spiro atoms. The zero-order valence-corrected chi connectivity index (χ0v) is 16.7. The molecule has 0 saturated heterocycles. The van der Waals surface area contributed by atoms with E-state index in [4.69, 9.17) is 16.3 Å². The summed E-state index contributed by atoms with van der Waals surface area (Å²) in [5, 5.41) is 6.97. The van der Waals surface area contributed by atoms with Crippen LogP contribution in [0.15, 0.2) is 48.3 Å². The second-order valence-corrected chi connectivity index (χ2v) is 6.70. The third kappa shape index (κ3) is 4.87. The first-order valence-electron chi connectivity index (χ1n) is 8.14. The first kappa shape index (κ1) is 19.8. The van der Waals surface area contributed by atoms with Crippen molar-refractivity contribution in [2.24, 2.45) is 0 Å². The maximum atomic E-state index is 12.7. The molecule has 2 N–H and O–H groups in total. The summed E-state index contributed by atoms with van der Waals surface area (Å²) in [6.45, 7) is 0.420. The summed E-state index contributed by atoms with van der Waals surface area (Å²) in [6, 6.07) is 5.47. The number of ether oxygens (including phenoxy) is 1. The monoisotopic (exact) mass is 416 g/mol. The number of benzene rings is 1. The van der Waals surface area contributed by atoms with E-state index in [0.29, 0.717) is 39.5 Å². The Bertz CT molecular complexity index is 974. The van der Waals surface area contributed by atoms with E-state index in [2.05, 4.69) is 30.6 Å². The lowest BCUT2D eigenvalue weighted by Gasteiger charge is -2.12. The molecular weight excluding hydrogens is 400 g/mol. The van der Waals surface area contributed by atoms with Gasteiger partial charge in [0.2, 0.25) is 0 Å². The lowest BCUT2D eigenvalue weighted by Crippen LogP contribution is -2.17. The predicted molar refractivity (Wildman–Crippen MR) is 109 cm³/mol. The van der Waals surface area contributed by atoms with Gasteiger partial charge >= 0.3 is 0 Å². The molecule has 0 fully saturated rings. The first-order chi connectivity index (χ1) is 13.6. The Hall–Kier alpha value is -2.91. The maximum Gasteiger partial charge on any atom is 0.261 e. The van der Waals surface area contributed by atoms with Crippen LogP contribution in [0.3, 0.4) is 0 Å². The minimum absolute atomic E-state index is 0.307. The Labute approximate surface area is 171 Å². The van der Waals surface area contributed by atoms with Crippen molar-refractivity contribution >= 4 is 40.8 Å². The molecule has 2 aromatic heterocycles. The number of carbonyl (C=O) groups is 1. The van der Waals surface area contributed by atoms with Gasteiger partial charge in [-0.1, -0.05) is 29.4 Å². The lowest BCUT2D eigenvalue weighted by molar-refractivity contribution is 0.102. The van der Waals surface area contributed by atoms with Crippen LogP contribution in [0.2, 0.25) is 5.02 Å². The van der Waals surface area contributed by atoms with Gasteiger partial charge in [-0.3, -0.25) is 4.79 Å². The number of anilines is 2. The SMILES string of the molecule is COc1ccc(CNc2nc(SC)ncc2C(=O)Nc2cncnc2)cc1Cl. The number of halogens is 1. The molecule has 0 unspecified atom stereocenters. The number of hydrogen-bond donors (Lipinski definition) is 2. The summed E-state index contributed by atoms with van der Waals surface area (Å²) >= 11 is 7.56. The molecule has 2 heterocycles. The molecule has 0 aliphatic rings. The van der Waals surface area contributed by atoms with E-state index < -0.39 is 0 Å². The minimum Gasteiger partial charge on any atom is -0.495 e. The fourth-order valence-corrected chi connectivity index (χ4v) is 2.95. The molecule has 3 aromatic rings. The number of methoxy groups -OCH3 is 1. The molecule has 10 heteroatoms. The van der Waals surface area contributed by atoms with Gasteiger partial charge in [-0.25, -0.2) is 19.9 Å². The third-order valence-electron chi connectivity index (χ3n) is 3.69. The number of rotatable bonds is 7. The van der Waals surface area contributed by atoms with Crippen LogP contribution in [0, 0.1) is 0 Å². The topological polar surface area (TPSA) is 102 Å². The van der Waals surface area contributed by atoms with Crippen molar-refractivity contribution in [2.75, 3.05) is 24.0 Å². The summed E-state index contributed by atoms with van der Waals surface area (Å²) in [5.74, 6) is 0.653. The van der Waals surface area contributed by atoms with Gasteiger partial charge in [-0.05, 0) is 24.0 Å². The van der Waals surface area contributed by atoms with E-state index in [1.54, 1.807) is 19.2 Å². The second kappa shape index (κ2) is 9.34. The van der Waals surface area contributed by atoms with E-state index in [0.717, 1.165) is 5.56 Å². The molecular formula is C18H17ClN6O2S. The molecule has 0 radical (unpaired) electrons. The van der Waals surface area contributed by atoms with E-state index in [-0.39, 0.29) is 5.91 Å². The van der Waals surface area contributed by atoms with Crippen molar-refractivity contribution in [3.63, 3.8) is 0 Å². The number of nitrogens with one attached hydrogen (secondary N) is 2. The van der Waals surface area contributed by atoms with Gasteiger partial charge in [0, 0.05) is 12.7 Å². The number of thioether (sulfide) groups is 1. The zero-order valence-electron chi connectivity index (χ0n) is 15.1. The van der Waals surface area contributed by atoms with Crippen LogP contribution >= 0.6 is 23.4 Å². The average molecular weight is 417 g/mol. The molecule has 3 rings (SSSR count). The Morgan fingerprint density at radius 1 is 1.25 bits per heavy atom. The van der Waals surface area contributed by atoms with Gasteiger partial charge in [-0.15, -0.1) is 0 Å². The zero-order chi connectivity index (χ0) is 19.9. The van der Waals surface area contributed by atoms with E-state index in [9.17, 15) is 4.79 Å². The first-order valence-corrected chi connectivity index (χ1v) is 9.74. The molecule has 0 atom stereocenters. The predicted octanol–water partition coefficient (Wildman–Crippen LogP) is 3.51. The van der Waals surface area contributed by atoms with E-state index in [1.165, 1.54) is 36.7 Å². The molecule has 144 valence electrons. The van der Waals surface area contributed by atoms with Crippen molar-refractivity contribution in [3.05, 3.63) is 59.3 Å². The van der Waals surface area contributed by atoms with E-state index >= 15 is 0 Å². The van der Waals surface area contributed by atoms with Crippen molar-refractivity contribution in [3.8, 4) is 5.75 Å². The smallest absolute Gasteiger partial charge is 0.261 e. The van der Waals surface area contributed by atoms with Crippen LogP contribution < -0.4 is 15.4 Å². The fourth-order valence-electron chi connectivity index (χ4n) is 2.33. The number of carbonyl (C=O) groups excluding carboxylic acids is 1. The number of amides is 1. The van der Waals surface area contributed by atoms with E-state index in [1.807, 2.05) is 12.3 Å². The maximum absolute atomic E-state index is 12.7. The summed E-state index contributed by atoms with van der Waals surface area (Å²) in [4.78, 5) is 29.0. The van der Waals surface area contributed by atoms with Crippen LogP contribution in [-0.4, -0.2) is 39.2 Å². The summed E-state index contributed by atoms with van der Waals surface area (Å²) in [5.41, 5.74) is 1.70. The largest absolute Gasteiger partial charge is 0.495 e. The third-order valence-corrected chi connectivity index (χ3v) is 4.55. The van der Waals surface area contributed by atoms with Gasteiger partial charge in [0.05, 0.1) is 30.2 Å². The van der Waals surface area contributed by atoms with Crippen molar-refractivity contribution in [1.82, 2.24) is 19.9 Å². The average Bonchev–Trinajstić information content (AvgIpc) is 2.72. The Morgan fingerprint density at radius 2 is 2.04 bits per heavy atom. The van der Waals surface area contributed by atoms with Gasteiger partial charge in [-0.2, -0.15) is 0 Å². The highest BCUT2D eigenvalue weighted by molar-refractivity contribution is 7.98. The standard InChI is InChI=1S/C18H17ClN6O2S/c1-27-15-4-3-11(5-14(15)19)6-22-16-13(9-23-18(25-16)28-2)17(26)24-12-7-20-10-21-8-12/h3-5,7-10H,6H2,1-2H3,(H,24,26)(H,22,23,25). The highest BCUT2D eigenvalue weighted by atomic mass is 35.5. The van der Waals surface area contributed by atoms with Gasteiger partial charge in [0.1, 0.15) is 23.5 Å². The normalized spacial score (nSPS) is 10.4. The highest BCUT2D eigenvalue weighted by Gasteiger charge is 2.15. The molecule has 8 nitrogen and oxygen atoms in total. The summed E-state index contributed by atoms with van der Waals surface area (Å²) < 4.78 is 5.16. The van der Waals surface area contributed by atoms with Gasteiger partial charge in [0.15, 0.2) is 5.16 Å². The molecule has 1 amide bonds. The number of hydrogen-bond acceptors (Lipinski definition) is 8. The lowest BCUT2D eigenvalue weighted by atomic mass is 10.2. The van der Waals surface area contributed by atoms with Crippen molar-refractivity contribution in [1.29, 1.82) is 0 Å². The molecule has 0 bridgehead atoms. The molecule has 28 heavy (non-hydrogen) atoms. The number of nitrogens with zero attached hydrogens (tertiary/aromatic N) is 4. The Balaban J connectivity index is 1.80. The van der Waals surface area contributed by atoms with Crippen LogP contribution in [0.4, 0.5) is 11.5 Å². The summed E-state index contributed by atoms with van der Waals surface area (Å²) in [6.07, 6.45) is 7.76. The fraction of sp³-hybridized carbons (Fsp3) is 0.167. The second-order valence-electron chi connectivity index (χ2n) is 5.52.